The molecule has 1 aromatic rings. The molecule has 0 bridgehead atoms. The second kappa shape index (κ2) is 5.94. The lowest BCUT2D eigenvalue weighted by Crippen LogP contribution is -2.01. The maximum absolute atomic E-state index is 11.4. The summed E-state index contributed by atoms with van der Waals surface area (Å²) in [4.78, 5) is 11.4. The molecule has 1 aromatic carbocycles. The zero-order valence-electron chi connectivity index (χ0n) is 8.30. The van der Waals surface area contributed by atoms with Crippen molar-refractivity contribution in [1.82, 2.24) is 0 Å². The Morgan fingerprint density at radius 3 is 2.67 bits per heavy atom. The van der Waals surface area contributed by atoms with E-state index in [-0.39, 0.29) is 5.78 Å². The Labute approximate surface area is 99.7 Å². The molecule has 0 amide bonds. The van der Waals surface area contributed by atoms with Crippen molar-refractivity contribution in [2.24, 2.45) is 0 Å². The SMILES string of the molecule is C=CCCC(=O)Cc1ccc(Cl)c(Cl)c1. The van der Waals surface area contributed by atoms with Crippen LogP contribution >= 0.6 is 23.2 Å². The summed E-state index contributed by atoms with van der Waals surface area (Å²) in [6.07, 6.45) is 3.40. The maximum atomic E-state index is 11.4. The molecule has 0 saturated carbocycles. The first-order chi connectivity index (χ1) is 7.13. The van der Waals surface area contributed by atoms with E-state index in [2.05, 4.69) is 6.58 Å². The molecule has 0 unspecified atom stereocenters. The van der Waals surface area contributed by atoms with Crippen LogP contribution in [0.25, 0.3) is 0 Å². The van der Waals surface area contributed by atoms with E-state index in [0.29, 0.717) is 22.9 Å². The van der Waals surface area contributed by atoms with Gasteiger partial charge in [0.15, 0.2) is 0 Å². The lowest BCUT2D eigenvalue weighted by molar-refractivity contribution is -0.118. The number of rotatable bonds is 5. The molecular weight excluding hydrogens is 231 g/mol. The van der Waals surface area contributed by atoms with Crippen LogP contribution in [0, 0.1) is 0 Å². The van der Waals surface area contributed by atoms with Crippen molar-refractivity contribution in [3.8, 4) is 0 Å². The largest absolute Gasteiger partial charge is 0.299 e. The highest BCUT2D eigenvalue weighted by Crippen LogP contribution is 2.22. The number of allylic oxidation sites excluding steroid dienone is 1. The second-order valence-corrected chi connectivity index (χ2v) is 4.11. The van der Waals surface area contributed by atoms with E-state index in [1.54, 1.807) is 18.2 Å². The Hall–Kier alpha value is -0.790. The van der Waals surface area contributed by atoms with Crippen LogP contribution in [0.15, 0.2) is 30.9 Å². The van der Waals surface area contributed by atoms with Crippen molar-refractivity contribution < 1.29 is 4.79 Å². The Kier molecular flexibility index (Phi) is 4.86. The minimum absolute atomic E-state index is 0.188. The number of hydrogen-bond acceptors (Lipinski definition) is 1. The van der Waals surface area contributed by atoms with Gasteiger partial charge in [0.2, 0.25) is 0 Å². The monoisotopic (exact) mass is 242 g/mol. The highest BCUT2D eigenvalue weighted by molar-refractivity contribution is 6.42. The van der Waals surface area contributed by atoms with Crippen LogP contribution in [0.4, 0.5) is 0 Å². The van der Waals surface area contributed by atoms with Gasteiger partial charge in [0.05, 0.1) is 10.0 Å². The summed E-state index contributed by atoms with van der Waals surface area (Å²) >= 11 is 11.6. The van der Waals surface area contributed by atoms with Crippen molar-refractivity contribution in [3.05, 3.63) is 46.5 Å². The molecule has 0 radical (unpaired) electrons. The first-order valence-electron chi connectivity index (χ1n) is 4.70. The molecule has 0 spiro atoms. The van der Waals surface area contributed by atoms with E-state index >= 15 is 0 Å². The van der Waals surface area contributed by atoms with E-state index < -0.39 is 0 Å². The fourth-order valence-corrected chi connectivity index (χ4v) is 1.55. The van der Waals surface area contributed by atoms with E-state index in [0.717, 1.165) is 12.0 Å². The molecule has 0 aliphatic rings. The highest BCUT2D eigenvalue weighted by Gasteiger charge is 2.04. The Bertz CT molecular complexity index is 372. The van der Waals surface area contributed by atoms with Gasteiger partial charge in [-0.3, -0.25) is 4.79 Å². The smallest absolute Gasteiger partial charge is 0.137 e. The predicted octanol–water partition coefficient (Wildman–Crippen LogP) is 4.07. The highest BCUT2D eigenvalue weighted by atomic mass is 35.5. The standard InChI is InChI=1S/C12H12Cl2O/c1-2-3-4-10(15)7-9-5-6-11(13)12(14)8-9/h2,5-6,8H,1,3-4,7H2. The number of hydrogen-bond donors (Lipinski definition) is 0. The van der Waals surface area contributed by atoms with Crippen molar-refractivity contribution in [2.75, 3.05) is 0 Å². The number of carbonyl (C=O) groups is 1. The summed E-state index contributed by atoms with van der Waals surface area (Å²) in [6.45, 7) is 3.57. The summed E-state index contributed by atoms with van der Waals surface area (Å²) < 4.78 is 0. The van der Waals surface area contributed by atoms with Crippen LogP contribution in [-0.4, -0.2) is 5.78 Å². The van der Waals surface area contributed by atoms with Gasteiger partial charge in [-0.2, -0.15) is 0 Å². The van der Waals surface area contributed by atoms with Crippen LogP contribution in [-0.2, 0) is 11.2 Å². The zero-order valence-corrected chi connectivity index (χ0v) is 9.81. The molecule has 80 valence electrons. The average molecular weight is 243 g/mol. The van der Waals surface area contributed by atoms with E-state index in [1.165, 1.54) is 0 Å². The summed E-state index contributed by atoms with van der Waals surface area (Å²) in [7, 11) is 0. The lowest BCUT2D eigenvalue weighted by atomic mass is 10.1. The van der Waals surface area contributed by atoms with E-state index in [1.807, 2.05) is 6.07 Å². The minimum Gasteiger partial charge on any atom is -0.299 e. The Morgan fingerprint density at radius 2 is 2.07 bits per heavy atom. The molecular formula is C12H12Cl2O. The topological polar surface area (TPSA) is 17.1 Å². The van der Waals surface area contributed by atoms with Gasteiger partial charge in [-0.1, -0.05) is 35.3 Å². The molecule has 1 rings (SSSR count). The maximum Gasteiger partial charge on any atom is 0.137 e. The van der Waals surface area contributed by atoms with Gasteiger partial charge in [-0.15, -0.1) is 6.58 Å². The van der Waals surface area contributed by atoms with Gasteiger partial charge in [-0.25, -0.2) is 0 Å². The lowest BCUT2D eigenvalue weighted by Gasteiger charge is -2.02. The van der Waals surface area contributed by atoms with Crippen LogP contribution in [0.2, 0.25) is 10.0 Å². The predicted molar refractivity (Wildman–Crippen MR) is 64.6 cm³/mol. The van der Waals surface area contributed by atoms with Gasteiger partial charge < -0.3 is 0 Å². The van der Waals surface area contributed by atoms with E-state index in [4.69, 9.17) is 23.2 Å². The van der Waals surface area contributed by atoms with Crippen LogP contribution in [0.3, 0.4) is 0 Å². The van der Waals surface area contributed by atoms with Gasteiger partial charge in [0.1, 0.15) is 5.78 Å². The molecule has 0 N–H and O–H groups in total. The van der Waals surface area contributed by atoms with Gasteiger partial charge in [-0.05, 0) is 24.1 Å². The third kappa shape index (κ3) is 4.06. The third-order valence-electron chi connectivity index (χ3n) is 2.01. The fraction of sp³-hybridized carbons (Fsp3) is 0.250. The molecule has 0 fully saturated rings. The molecule has 0 heterocycles. The van der Waals surface area contributed by atoms with Crippen molar-refractivity contribution >= 4 is 29.0 Å². The average Bonchev–Trinajstić information content (AvgIpc) is 2.20. The molecule has 0 aromatic heterocycles. The van der Waals surface area contributed by atoms with Crippen LogP contribution in [0.1, 0.15) is 18.4 Å². The van der Waals surface area contributed by atoms with Crippen LogP contribution < -0.4 is 0 Å². The molecule has 0 aliphatic heterocycles. The van der Waals surface area contributed by atoms with Crippen molar-refractivity contribution in [1.29, 1.82) is 0 Å². The van der Waals surface area contributed by atoms with Crippen molar-refractivity contribution in [3.63, 3.8) is 0 Å². The number of halogens is 2. The molecule has 3 heteroatoms. The Balaban J connectivity index is 2.60. The quantitative estimate of drug-likeness (QED) is 0.712. The molecule has 0 aliphatic carbocycles. The number of ketones is 1. The number of benzene rings is 1. The first kappa shape index (κ1) is 12.3. The van der Waals surface area contributed by atoms with Gasteiger partial charge in [0, 0.05) is 12.8 Å². The molecule has 1 nitrogen and oxygen atoms in total. The van der Waals surface area contributed by atoms with Gasteiger partial charge >= 0.3 is 0 Å². The minimum atomic E-state index is 0.188. The number of Topliss-reactive ketones (excluding diaryl/α,β-unsaturated/α-hetero) is 1. The summed E-state index contributed by atoms with van der Waals surface area (Å²) in [6, 6.07) is 5.26. The molecule has 0 saturated heterocycles. The van der Waals surface area contributed by atoms with Crippen LogP contribution in [0.5, 0.6) is 0 Å². The molecule has 15 heavy (non-hydrogen) atoms. The third-order valence-corrected chi connectivity index (χ3v) is 2.75. The fourth-order valence-electron chi connectivity index (χ4n) is 1.23. The van der Waals surface area contributed by atoms with E-state index in [9.17, 15) is 4.79 Å². The van der Waals surface area contributed by atoms with Crippen molar-refractivity contribution in [2.45, 2.75) is 19.3 Å². The Morgan fingerprint density at radius 1 is 1.33 bits per heavy atom. The second-order valence-electron chi connectivity index (χ2n) is 3.29. The normalized spacial score (nSPS) is 10.0. The molecule has 0 atom stereocenters. The summed E-state index contributed by atoms with van der Waals surface area (Å²) in [5.74, 6) is 0.188. The first-order valence-corrected chi connectivity index (χ1v) is 5.45. The number of carbonyl (C=O) groups excluding carboxylic acids is 1. The summed E-state index contributed by atoms with van der Waals surface area (Å²) in [5, 5.41) is 1.00. The van der Waals surface area contributed by atoms with Gasteiger partial charge in [0.25, 0.3) is 0 Å². The zero-order chi connectivity index (χ0) is 11.3. The summed E-state index contributed by atoms with van der Waals surface area (Å²) in [5.41, 5.74) is 0.901.